The van der Waals surface area contributed by atoms with Crippen molar-refractivity contribution in [3.05, 3.63) is 83.4 Å². The van der Waals surface area contributed by atoms with E-state index in [-0.39, 0.29) is 7.43 Å². The fraction of sp³-hybridized carbons (Fsp3) is 0.355. The Morgan fingerprint density at radius 1 is 0.857 bits per heavy atom. The zero-order valence-electron chi connectivity index (χ0n) is 20.3. The van der Waals surface area contributed by atoms with Crippen LogP contribution in [0.4, 0.5) is 0 Å². The summed E-state index contributed by atoms with van der Waals surface area (Å²) in [7, 11) is 0. The molecule has 1 fully saturated rings. The summed E-state index contributed by atoms with van der Waals surface area (Å²) in [5.74, 6) is 1.23. The average Bonchev–Trinajstić information content (AvgIpc) is 3.12. The zero-order chi connectivity index (χ0) is 23.5. The van der Waals surface area contributed by atoms with Gasteiger partial charge in [0.2, 0.25) is 0 Å². The predicted molar refractivity (Wildman–Crippen MR) is 147 cm³/mol. The molecule has 4 nitrogen and oxygen atoms in total. The van der Waals surface area contributed by atoms with Gasteiger partial charge < -0.3 is 14.4 Å². The SMILES string of the molecule is C.Cc1ccc(-c2c(C)c3cc(O)ccc3n2Cc2ccc(OCCN3CCCCC3)cc2)cc1. The van der Waals surface area contributed by atoms with E-state index >= 15 is 0 Å². The van der Waals surface area contributed by atoms with E-state index in [9.17, 15) is 5.11 Å². The van der Waals surface area contributed by atoms with Crippen molar-refractivity contribution in [2.24, 2.45) is 0 Å². The first-order valence-electron chi connectivity index (χ1n) is 12.4. The van der Waals surface area contributed by atoms with Crippen LogP contribution in [0.2, 0.25) is 0 Å². The molecule has 5 rings (SSSR count). The number of phenolic OH excluding ortho intramolecular Hbond substituents is 1. The van der Waals surface area contributed by atoms with E-state index in [1.807, 2.05) is 12.1 Å². The van der Waals surface area contributed by atoms with Gasteiger partial charge in [-0.15, -0.1) is 0 Å². The monoisotopic (exact) mass is 470 g/mol. The molecule has 3 aromatic carbocycles. The second kappa shape index (κ2) is 11.0. The Kier molecular flexibility index (Phi) is 7.82. The minimum Gasteiger partial charge on any atom is -0.508 e. The summed E-state index contributed by atoms with van der Waals surface area (Å²) in [4.78, 5) is 2.50. The first kappa shape index (κ1) is 24.9. The number of nitrogens with zero attached hydrogens (tertiary/aromatic N) is 2. The van der Waals surface area contributed by atoms with Crippen molar-refractivity contribution < 1.29 is 9.84 Å². The summed E-state index contributed by atoms with van der Waals surface area (Å²) in [5.41, 5.74) is 7.18. The molecule has 1 aromatic heterocycles. The smallest absolute Gasteiger partial charge is 0.119 e. The quantitative estimate of drug-likeness (QED) is 0.311. The number of aryl methyl sites for hydroxylation is 2. The number of piperidine rings is 1. The summed E-state index contributed by atoms with van der Waals surface area (Å²) in [5, 5.41) is 11.2. The van der Waals surface area contributed by atoms with Crippen LogP contribution in [0.3, 0.4) is 0 Å². The number of ether oxygens (including phenoxy) is 1. The van der Waals surface area contributed by atoms with Gasteiger partial charge in [0.25, 0.3) is 0 Å². The number of likely N-dealkylation sites (tertiary alicyclic amines) is 1. The molecule has 0 spiro atoms. The normalized spacial score (nSPS) is 14.1. The fourth-order valence-corrected chi connectivity index (χ4v) is 5.11. The first-order chi connectivity index (χ1) is 16.6. The topological polar surface area (TPSA) is 37.6 Å². The molecule has 0 unspecified atom stereocenters. The number of benzene rings is 3. The van der Waals surface area contributed by atoms with Gasteiger partial charge in [-0.1, -0.05) is 55.8 Å². The molecule has 0 bridgehead atoms. The van der Waals surface area contributed by atoms with Crippen molar-refractivity contribution in [2.45, 2.75) is 47.1 Å². The fourth-order valence-electron chi connectivity index (χ4n) is 5.11. The van der Waals surface area contributed by atoms with Crippen LogP contribution in [0.5, 0.6) is 11.5 Å². The third-order valence-electron chi connectivity index (χ3n) is 7.01. The lowest BCUT2D eigenvalue weighted by Gasteiger charge is -2.26. The third-order valence-corrected chi connectivity index (χ3v) is 7.01. The molecular weight excluding hydrogens is 432 g/mol. The average molecular weight is 471 g/mol. The molecular formula is C31H38N2O2. The second-order valence-corrected chi connectivity index (χ2v) is 9.52. The standard InChI is InChI=1S/C30H34N2O2.CH4/c1-22-6-10-25(11-7-22)30-23(2)28-20-26(33)12-15-29(28)32(30)21-24-8-13-27(14-9-24)34-19-18-31-16-4-3-5-17-31;/h6-15,20,33H,3-5,16-19,21H2,1-2H3;1H4. The van der Waals surface area contributed by atoms with Gasteiger partial charge >= 0.3 is 0 Å². The van der Waals surface area contributed by atoms with E-state index in [0.29, 0.717) is 5.75 Å². The highest BCUT2D eigenvalue weighted by molar-refractivity contribution is 5.92. The van der Waals surface area contributed by atoms with E-state index < -0.39 is 0 Å². The Bertz CT molecular complexity index is 1250. The number of hydrogen-bond donors (Lipinski definition) is 1. The van der Waals surface area contributed by atoms with Crippen molar-refractivity contribution in [1.29, 1.82) is 0 Å². The van der Waals surface area contributed by atoms with Crippen LogP contribution in [-0.2, 0) is 6.54 Å². The van der Waals surface area contributed by atoms with Crippen molar-refractivity contribution >= 4 is 10.9 Å². The van der Waals surface area contributed by atoms with Gasteiger partial charge in [0.1, 0.15) is 18.1 Å². The molecule has 184 valence electrons. The van der Waals surface area contributed by atoms with E-state index in [4.69, 9.17) is 4.74 Å². The maximum Gasteiger partial charge on any atom is 0.119 e. The summed E-state index contributed by atoms with van der Waals surface area (Å²) < 4.78 is 8.39. The lowest BCUT2D eigenvalue weighted by molar-refractivity contribution is 0.183. The molecule has 0 aliphatic carbocycles. The summed E-state index contributed by atoms with van der Waals surface area (Å²) >= 11 is 0. The van der Waals surface area contributed by atoms with Crippen LogP contribution in [0.15, 0.2) is 66.7 Å². The molecule has 0 atom stereocenters. The maximum atomic E-state index is 10.1. The van der Waals surface area contributed by atoms with Crippen LogP contribution < -0.4 is 4.74 Å². The maximum absolute atomic E-state index is 10.1. The Morgan fingerprint density at radius 3 is 2.29 bits per heavy atom. The number of fused-ring (bicyclic) bond motifs is 1. The van der Waals surface area contributed by atoms with Gasteiger partial charge in [-0.25, -0.2) is 0 Å². The Morgan fingerprint density at radius 2 is 1.57 bits per heavy atom. The summed E-state index contributed by atoms with van der Waals surface area (Å²) in [6, 6.07) is 22.9. The molecule has 1 aliphatic rings. The lowest BCUT2D eigenvalue weighted by Crippen LogP contribution is -2.33. The number of aromatic nitrogens is 1. The largest absolute Gasteiger partial charge is 0.508 e. The van der Waals surface area contributed by atoms with E-state index in [0.717, 1.165) is 36.3 Å². The molecule has 4 heteroatoms. The molecule has 1 aliphatic heterocycles. The van der Waals surface area contributed by atoms with Crippen LogP contribution in [-0.4, -0.2) is 40.8 Å². The molecule has 0 radical (unpaired) electrons. The van der Waals surface area contributed by atoms with Crippen LogP contribution >= 0.6 is 0 Å². The first-order valence-corrected chi connectivity index (χ1v) is 12.4. The number of hydrogen-bond acceptors (Lipinski definition) is 3. The molecule has 4 aromatic rings. The van der Waals surface area contributed by atoms with E-state index in [1.54, 1.807) is 6.07 Å². The van der Waals surface area contributed by atoms with E-state index in [2.05, 4.69) is 71.8 Å². The molecule has 2 heterocycles. The van der Waals surface area contributed by atoms with Gasteiger partial charge in [-0.05, 0) is 86.8 Å². The highest BCUT2D eigenvalue weighted by Gasteiger charge is 2.17. The third kappa shape index (κ3) is 5.54. The summed E-state index contributed by atoms with van der Waals surface area (Å²) in [6.45, 7) is 9.16. The summed E-state index contributed by atoms with van der Waals surface area (Å²) in [6.07, 6.45) is 3.99. The minimum absolute atomic E-state index is 0. The second-order valence-electron chi connectivity index (χ2n) is 9.52. The van der Waals surface area contributed by atoms with Crippen LogP contribution in [0.25, 0.3) is 22.2 Å². The molecule has 1 N–H and O–H groups in total. The Hall–Kier alpha value is -3.24. The van der Waals surface area contributed by atoms with E-state index in [1.165, 1.54) is 60.3 Å². The molecule has 0 saturated carbocycles. The van der Waals surface area contributed by atoms with Crippen molar-refractivity contribution in [3.63, 3.8) is 0 Å². The van der Waals surface area contributed by atoms with Gasteiger partial charge in [0.05, 0.1) is 5.69 Å². The highest BCUT2D eigenvalue weighted by atomic mass is 16.5. The number of aromatic hydroxyl groups is 1. The van der Waals surface area contributed by atoms with Crippen LogP contribution in [0.1, 0.15) is 43.4 Å². The predicted octanol–water partition coefficient (Wildman–Crippen LogP) is 7.18. The number of phenols is 1. The van der Waals surface area contributed by atoms with Crippen molar-refractivity contribution in [2.75, 3.05) is 26.2 Å². The Balaban J connectivity index is 0.00000289. The number of rotatable bonds is 7. The Labute approximate surface area is 209 Å². The molecule has 35 heavy (non-hydrogen) atoms. The van der Waals surface area contributed by atoms with Gasteiger partial charge in [0, 0.05) is 24.0 Å². The van der Waals surface area contributed by atoms with Crippen molar-refractivity contribution in [3.8, 4) is 22.8 Å². The van der Waals surface area contributed by atoms with Crippen LogP contribution in [0, 0.1) is 13.8 Å². The van der Waals surface area contributed by atoms with Gasteiger partial charge in [-0.3, -0.25) is 4.90 Å². The zero-order valence-corrected chi connectivity index (χ0v) is 20.3. The molecule has 0 amide bonds. The minimum atomic E-state index is 0. The molecule has 1 saturated heterocycles. The van der Waals surface area contributed by atoms with Gasteiger partial charge in [-0.2, -0.15) is 0 Å². The lowest BCUT2D eigenvalue weighted by atomic mass is 10.0. The highest BCUT2D eigenvalue weighted by Crippen LogP contribution is 2.36. The van der Waals surface area contributed by atoms with Gasteiger partial charge in [0.15, 0.2) is 0 Å². The van der Waals surface area contributed by atoms with Crippen molar-refractivity contribution in [1.82, 2.24) is 9.47 Å².